The van der Waals surface area contributed by atoms with Gasteiger partial charge in [-0.2, -0.15) is 0 Å². The molecule has 36 nitrogen and oxygen atoms in total. The molecule has 3 aliphatic carbocycles. The molecule has 7 N–H and O–H groups in total. The van der Waals surface area contributed by atoms with Gasteiger partial charge in [-0.15, -0.1) is 5.06 Å². The molecule has 686 valence electrons. The number of hydroxylamine groups is 2. The van der Waals surface area contributed by atoms with E-state index in [4.69, 9.17) is 76.9 Å². The minimum Gasteiger partial charge on any atom is -0.455 e. The molecule has 2 bridgehead atoms. The molecule has 2 saturated heterocycles. The number of Topliss-reactive ketones (excluding diaryl/α,β-unsaturated/α-hetero) is 3. The maximum atomic E-state index is 16.0. The van der Waals surface area contributed by atoms with Crippen molar-refractivity contribution in [1.29, 1.82) is 0 Å². The average molecular weight is 1760 g/mol. The molecule has 126 heavy (non-hydrogen) atoms. The number of hydrogen-bond donors (Lipinski definition) is 6. The number of anilines is 1. The van der Waals surface area contributed by atoms with Crippen LogP contribution in [0.25, 0.3) is 0 Å². The van der Waals surface area contributed by atoms with Crippen molar-refractivity contribution in [2.24, 2.45) is 40.2 Å². The van der Waals surface area contributed by atoms with Crippen LogP contribution in [0.4, 0.5) is 15.3 Å². The summed E-state index contributed by atoms with van der Waals surface area (Å²) in [5.41, 5.74) is -2.37. The monoisotopic (exact) mass is 1760 g/mol. The van der Waals surface area contributed by atoms with E-state index < -0.39 is 174 Å². The van der Waals surface area contributed by atoms with Crippen molar-refractivity contribution in [3.63, 3.8) is 0 Å². The number of nitrogens with two attached hydrogens (primary N) is 1. The minimum absolute atomic E-state index is 0.0112. The first kappa shape index (κ1) is 99.0. The number of urea groups is 1. The number of imide groups is 1. The van der Waals surface area contributed by atoms with Crippen LogP contribution in [-0.2, 0) is 126 Å². The van der Waals surface area contributed by atoms with E-state index in [1.54, 1.807) is 80.6 Å². The van der Waals surface area contributed by atoms with Gasteiger partial charge < -0.3 is 103 Å². The normalized spacial score (nSPS) is 22.6. The summed E-state index contributed by atoms with van der Waals surface area (Å²) in [5.74, 6) is -12.5. The molecule has 0 radical (unpaired) electrons. The fourth-order valence-electron chi connectivity index (χ4n) is 16.4. The van der Waals surface area contributed by atoms with E-state index in [0.29, 0.717) is 56.9 Å². The Balaban J connectivity index is 0.793. The second-order valence-electron chi connectivity index (χ2n) is 32.4. The number of carbonyl (C=O) groups excluding carboxylic acids is 14. The molecule has 4 fully saturated rings. The molecule has 13 atom stereocenters. The van der Waals surface area contributed by atoms with E-state index in [1.807, 2.05) is 0 Å². The Morgan fingerprint density at radius 1 is 0.651 bits per heavy atom. The van der Waals surface area contributed by atoms with Crippen LogP contribution in [-0.4, -0.2) is 252 Å². The number of aliphatic hydroxyl groups is 2. The molecule has 6 amide bonds. The summed E-state index contributed by atoms with van der Waals surface area (Å²) < 4.78 is 81.4. The van der Waals surface area contributed by atoms with Gasteiger partial charge in [-0.1, -0.05) is 107 Å². The predicted octanol–water partition coefficient (Wildman–Crippen LogP) is 6.79. The summed E-state index contributed by atoms with van der Waals surface area (Å²) >= 11 is 0. The van der Waals surface area contributed by atoms with Crippen molar-refractivity contribution >= 4 is 88.7 Å². The van der Waals surface area contributed by atoms with Gasteiger partial charge in [-0.25, -0.2) is 24.0 Å². The Hall–Kier alpha value is -10.8. The Labute approximate surface area is 729 Å². The van der Waals surface area contributed by atoms with Crippen LogP contribution in [0.3, 0.4) is 0 Å². The number of rotatable bonds is 50. The molecule has 2 saturated carbocycles. The van der Waals surface area contributed by atoms with E-state index in [0.717, 1.165) is 13.8 Å². The summed E-state index contributed by atoms with van der Waals surface area (Å²) in [6.07, 6.45) is -13.2. The van der Waals surface area contributed by atoms with Crippen LogP contribution in [0, 0.1) is 34.5 Å². The maximum absolute atomic E-state index is 16.0. The van der Waals surface area contributed by atoms with Crippen LogP contribution >= 0.6 is 0 Å². The smallest absolute Gasteiger partial charge is 0.455 e. The van der Waals surface area contributed by atoms with E-state index in [-0.39, 0.29) is 162 Å². The molecule has 4 aromatic rings. The summed E-state index contributed by atoms with van der Waals surface area (Å²) in [6.45, 7) is 14.4. The van der Waals surface area contributed by atoms with Crippen molar-refractivity contribution in [2.75, 3.05) is 111 Å². The lowest BCUT2D eigenvalue weighted by Crippen LogP contribution is -2.82. The Bertz CT molecular complexity index is 4440. The molecule has 2 heterocycles. The third kappa shape index (κ3) is 26.2. The van der Waals surface area contributed by atoms with Crippen molar-refractivity contribution in [2.45, 2.75) is 180 Å². The molecule has 4 aromatic carbocycles. The SMILES string of the molecule is CC(=O)O[C@H]1C(=O)[C@@]2(C)[C@H]([C@H](OC(=O)c3ccccc3)[C@]3(O)C[C@H](OC(=O)[C@H](OC(=O)OCc4ccc(NC(=O)C(CCCNC(N)=O)CC(=O)C(CC(=O)CCOCCOCCOCCOCCOCCOCCOCCC(=O)ON5C(=O)CCC5=O)C(C)C)cc4)[C@@H](NC(=O)c4ccccc4)c4ccccc4)C(C)=C1C3(C)C)[C@]1(OC(C)=O)CO[C@@H]1C[C@@H]2O. The largest absolute Gasteiger partial charge is 0.509 e. The number of carbonyl (C=O) groups is 14. The van der Waals surface area contributed by atoms with Gasteiger partial charge in [0.15, 0.2) is 17.5 Å². The molecule has 0 spiro atoms. The number of nitrogens with one attached hydrogen (secondary N) is 3. The molecule has 2 unspecified atom stereocenters. The third-order valence-corrected chi connectivity index (χ3v) is 23.2. The molecule has 0 aromatic heterocycles. The maximum Gasteiger partial charge on any atom is 0.509 e. The number of ether oxygens (including phenoxy) is 14. The van der Waals surface area contributed by atoms with Crippen LogP contribution in [0.15, 0.2) is 126 Å². The summed E-state index contributed by atoms with van der Waals surface area (Å²) in [7, 11) is 0. The molecule has 5 aliphatic rings. The highest BCUT2D eigenvalue weighted by Crippen LogP contribution is 2.65. The van der Waals surface area contributed by atoms with E-state index in [1.165, 1.54) is 76.2 Å². The highest BCUT2D eigenvalue weighted by atomic mass is 16.7. The van der Waals surface area contributed by atoms with Crippen molar-refractivity contribution in [1.82, 2.24) is 15.7 Å². The number of primary amides is 1. The molecule has 9 rings (SSSR count). The van der Waals surface area contributed by atoms with Crippen LogP contribution in [0.5, 0.6) is 0 Å². The summed E-state index contributed by atoms with van der Waals surface area (Å²) in [5, 5.41) is 35.2. The van der Waals surface area contributed by atoms with Crippen LogP contribution < -0.4 is 21.7 Å². The number of hydrogen-bond acceptors (Lipinski definition) is 31. The van der Waals surface area contributed by atoms with Gasteiger partial charge in [0, 0.05) is 93.8 Å². The van der Waals surface area contributed by atoms with Gasteiger partial charge >= 0.3 is 42.0 Å². The van der Waals surface area contributed by atoms with Crippen molar-refractivity contribution < 1.29 is 148 Å². The molecular formula is C90H115N5O31. The number of amides is 6. The number of nitrogens with zero attached hydrogens (tertiary/aromatic N) is 1. The number of fused-ring (bicyclic) bond motifs is 5. The Morgan fingerprint density at radius 3 is 1.71 bits per heavy atom. The van der Waals surface area contributed by atoms with E-state index >= 15 is 9.59 Å². The molecular weight excluding hydrogens is 1650 g/mol. The highest BCUT2D eigenvalue weighted by Gasteiger charge is 2.78. The van der Waals surface area contributed by atoms with Crippen LogP contribution in [0.1, 0.15) is 157 Å². The van der Waals surface area contributed by atoms with Gasteiger partial charge in [0.1, 0.15) is 48.1 Å². The minimum atomic E-state index is -2.58. The summed E-state index contributed by atoms with van der Waals surface area (Å²) in [6, 6.07) is 27.1. The lowest BCUT2D eigenvalue weighted by Gasteiger charge is -2.67. The van der Waals surface area contributed by atoms with Gasteiger partial charge in [-0.05, 0) is 91.3 Å². The third-order valence-electron chi connectivity index (χ3n) is 23.2. The molecule has 36 heteroatoms. The standard InChI is InChI=1S/C90H115N5O31/c1-55(2)66(50-65(98)32-35-112-37-39-114-41-43-116-45-47-118-48-46-117-44-42-115-40-38-113-36-33-73(103)126-95-71(101)30-31-72(95)102)67(99)49-63(25-18-34-92-85(91)109)82(106)93-64-28-26-59(27-29-64)53-119-86(110)123-77(75(60-19-12-9-13-20-60)94-81(105)61-21-14-10-15-22-61)84(108)122-68-52-90(111)80(124-83(107)62-23-16-11-17-24-62)78-88(8,69(100)51-70-89(78,54-120-70)125-58(5)97)79(104)76(121-57(4)96)74(56(68)3)87(90,6)7/h9-17,19-24,26-29,55,63,66,68-70,75-78,80,100,111H,18,25,30-54H2,1-8H3,(H,93,106)(H,94,105)(H3,91,92,109)/t63?,66?,68-,69-,70+,75-,76+,77+,78-,80-,88+,89-,90+/m0/s1. The second-order valence-corrected chi connectivity index (χ2v) is 32.4. The van der Waals surface area contributed by atoms with Crippen molar-refractivity contribution in [3.8, 4) is 0 Å². The lowest BCUT2D eigenvalue weighted by atomic mass is 9.44. The first-order valence-corrected chi connectivity index (χ1v) is 42.1. The van der Waals surface area contributed by atoms with Gasteiger partial charge in [0.05, 0.1) is 129 Å². The first-order chi connectivity index (χ1) is 60.2. The predicted molar refractivity (Wildman–Crippen MR) is 442 cm³/mol. The Morgan fingerprint density at radius 2 is 1.19 bits per heavy atom. The van der Waals surface area contributed by atoms with Crippen LogP contribution in [0.2, 0.25) is 0 Å². The number of ketones is 3. The van der Waals surface area contributed by atoms with Gasteiger partial charge in [0.2, 0.25) is 12.0 Å². The number of benzene rings is 4. The highest BCUT2D eigenvalue weighted by molar-refractivity contribution is 6.02. The fraction of sp³-hybridized carbons (Fsp3) is 0.556. The van der Waals surface area contributed by atoms with E-state index in [2.05, 4.69) is 16.0 Å². The zero-order chi connectivity index (χ0) is 91.3. The Kier molecular flexibility index (Phi) is 37.0. The lowest BCUT2D eigenvalue weighted by molar-refractivity contribution is -0.346. The first-order valence-electron chi connectivity index (χ1n) is 42.1. The fourth-order valence-corrected chi connectivity index (χ4v) is 16.4. The van der Waals surface area contributed by atoms with Gasteiger partial charge in [0.25, 0.3) is 17.7 Å². The van der Waals surface area contributed by atoms with Gasteiger partial charge in [-0.3, -0.25) is 43.2 Å². The summed E-state index contributed by atoms with van der Waals surface area (Å²) in [4.78, 5) is 195. The number of aliphatic hydroxyl groups excluding tert-OH is 1. The van der Waals surface area contributed by atoms with Crippen molar-refractivity contribution in [3.05, 3.63) is 149 Å². The average Bonchev–Trinajstić information content (AvgIpc) is 0.815. The second kappa shape index (κ2) is 47.1. The topological polar surface area (TPSA) is 483 Å². The zero-order valence-electron chi connectivity index (χ0n) is 72.2. The number of esters is 4. The quantitative estimate of drug-likeness (QED) is 0.00870. The van der Waals surface area contributed by atoms with E-state index in [9.17, 15) is 67.7 Å². The zero-order valence-corrected chi connectivity index (χ0v) is 72.2. The molecule has 2 aliphatic heterocycles.